The lowest BCUT2D eigenvalue weighted by Gasteiger charge is -2.08. The summed E-state index contributed by atoms with van der Waals surface area (Å²) >= 11 is 0. The zero-order chi connectivity index (χ0) is 13.9. The maximum atomic E-state index is 4.37. The molecule has 0 aliphatic carbocycles. The Morgan fingerprint density at radius 2 is 2.00 bits per heavy atom. The van der Waals surface area contributed by atoms with Crippen LogP contribution in [0.1, 0.15) is 11.1 Å². The van der Waals surface area contributed by atoms with Gasteiger partial charge < -0.3 is 5.32 Å². The predicted molar refractivity (Wildman–Crippen MR) is 80.8 cm³/mol. The Hall–Kier alpha value is -2.20. The van der Waals surface area contributed by atoms with Crippen molar-refractivity contribution >= 4 is 5.65 Å². The molecular weight excluding hydrogens is 248 g/mol. The van der Waals surface area contributed by atoms with Gasteiger partial charge in [0.1, 0.15) is 0 Å². The van der Waals surface area contributed by atoms with Crippen LogP contribution in [0.15, 0.2) is 42.6 Å². The Bertz CT molecular complexity index is 730. The highest BCUT2D eigenvalue weighted by molar-refractivity contribution is 5.63. The van der Waals surface area contributed by atoms with E-state index in [1.165, 1.54) is 11.1 Å². The van der Waals surface area contributed by atoms with Crippen LogP contribution < -0.4 is 5.32 Å². The topological polar surface area (TPSA) is 42.2 Å². The number of aromatic nitrogens is 3. The molecule has 0 fully saturated rings. The summed E-state index contributed by atoms with van der Waals surface area (Å²) in [4.78, 5) is 0. The highest BCUT2D eigenvalue weighted by Gasteiger charge is 2.11. The fourth-order valence-corrected chi connectivity index (χ4v) is 2.39. The molecule has 3 rings (SSSR count). The molecule has 0 atom stereocenters. The van der Waals surface area contributed by atoms with Gasteiger partial charge in [0.15, 0.2) is 11.5 Å². The zero-order valence-corrected chi connectivity index (χ0v) is 11.8. The second-order valence-corrected chi connectivity index (χ2v) is 4.97. The van der Waals surface area contributed by atoms with Crippen molar-refractivity contribution in [2.24, 2.45) is 0 Å². The molecule has 2 aromatic heterocycles. The molecule has 0 spiro atoms. The summed E-state index contributed by atoms with van der Waals surface area (Å²) in [6.07, 6.45) is 3.02. The largest absolute Gasteiger partial charge is 0.319 e. The molecule has 4 nitrogen and oxygen atoms in total. The van der Waals surface area contributed by atoms with Gasteiger partial charge in [-0.25, -0.2) is 0 Å². The average Bonchev–Trinajstić information content (AvgIpc) is 2.88. The number of nitrogens with zero attached hydrogens (tertiary/aromatic N) is 3. The van der Waals surface area contributed by atoms with Crippen molar-refractivity contribution in [2.75, 3.05) is 13.6 Å². The fourth-order valence-electron chi connectivity index (χ4n) is 2.39. The summed E-state index contributed by atoms with van der Waals surface area (Å²) in [6.45, 7) is 3.02. The van der Waals surface area contributed by atoms with Gasteiger partial charge in [-0.1, -0.05) is 24.3 Å². The normalized spacial score (nSPS) is 11.1. The lowest BCUT2D eigenvalue weighted by atomic mass is 10.0. The molecule has 0 amide bonds. The van der Waals surface area contributed by atoms with Crippen LogP contribution in [0.25, 0.3) is 17.0 Å². The number of likely N-dealkylation sites (N-methyl/N-ethyl adjacent to an activating group) is 1. The maximum Gasteiger partial charge on any atom is 0.168 e. The first-order valence-corrected chi connectivity index (χ1v) is 6.84. The predicted octanol–water partition coefficient (Wildman–Crippen LogP) is 2.47. The summed E-state index contributed by atoms with van der Waals surface area (Å²) in [5.74, 6) is 0.909. The first-order chi connectivity index (χ1) is 9.79. The molecule has 102 valence electrons. The van der Waals surface area contributed by atoms with Gasteiger partial charge in [-0.2, -0.15) is 0 Å². The molecule has 20 heavy (non-hydrogen) atoms. The smallest absolute Gasteiger partial charge is 0.168 e. The summed E-state index contributed by atoms with van der Waals surface area (Å²) in [5, 5.41) is 11.8. The molecule has 1 aromatic carbocycles. The van der Waals surface area contributed by atoms with Crippen molar-refractivity contribution in [1.82, 2.24) is 19.9 Å². The van der Waals surface area contributed by atoms with Gasteiger partial charge in [-0.15, -0.1) is 10.2 Å². The number of pyridine rings is 1. The van der Waals surface area contributed by atoms with Crippen LogP contribution in [-0.2, 0) is 6.42 Å². The van der Waals surface area contributed by atoms with E-state index >= 15 is 0 Å². The minimum absolute atomic E-state index is 0.892. The number of nitrogens with one attached hydrogen (secondary N) is 1. The van der Waals surface area contributed by atoms with E-state index in [1.54, 1.807) is 0 Å². The summed E-state index contributed by atoms with van der Waals surface area (Å²) in [5.41, 5.74) is 4.53. The monoisotopic (exact) mass is 266 g/mol. The van der Waals surface area contributed by atoms with E-state index in [-0.39, 0.29) is 0 Å². The molecule has 0 saturated carbocycles. The summed E-state index contributed by atoms with van der Waals surface area (Å²) in [7, 11) is 1.97. The standard InChI is InChI=1S/C16H18N4/c1-12-8-10-20-15(11-12)18-19-16(20)14-6-4-3-5-13(14)7-9-17-2/h3-6,8,10-11,17H,7,9H2,1-2H3. The van der Waals surface area contributed by atoms with Crippen LogP contribution in [0.3, 0.4) is 0 Å². The molecule has 4 heteroatoms. The molecule has 0 saturated heterocycles. The average molecular weight is 266 g/mol. The molecule has 0 unspecified atom stereocenters. The first kappa shape index (κ1) is 12.8. The van der Waals surface area contributed by atoms with E-state index in [9.17, 15) is 0 Å². The van der Waals surface area contributed by atoms with Crippen LogP contribution in [0.5, 0.6) is 0 Å². The van der Waals surface area contributed by atoms with Crippen molar-refractivity contribution in [3.05, 3.63) is 53.7 Å². The summed E-state index contributed by atoms with van der Waals surface area (Å²) in [6, 6.07) is 12.5. The van der Waals surface area contributed by atoms with Gasteiger partial charge in [-0.3, -0.25) is 4.40 Å². The highest BCUT2D eigenvalue weighted by Crippen LogP contribution is 2.23. The van der Waals surface area contributed by atoms with E-state index in [4.69, 9.17) is 0 Å². The Balaban J connectivity index is 2.11. The Labute approximate surface area is 118 Å². The van der Waals surface area contributed by atoms with Crippen LogP contribution in [0.4, 0.5) is 0 Å². The molecule has 0 aliphatic heterocycles. The van der Waals surface area contributed by atoms with Crippen molar-refractivity contribution in [3.8, 4) is 11.4 Å². The lowest BCUT2D eigenvalue weighted by molar-refractivity contribution is 0.792. The SMILES string of the molecule is CNCCc1ccccc1-c1nnc2cc(C)ccn12. The number of hydrogen-bond donors (Lipinski definition) is 1. The number of hydrogen-bond acceptors (Lipinski definition) is 3. The molecule has 0 radical (unpaired) electrons. The minimum atomic E-state index is 0.892. The lowest BCUT2D eigenvalue weighted by Crippen LogP contribution is -2.11. The van der Waals surface area contributed by atoms with Crippen LogP contribution in [0.2, 0.25) is 0 Å². The number of fused-ring (bicyclic) bond motifs is 1. The van der Waals surface area contributed by atoms with Crippen LogP contribution in [-0.4, -0.2) is 28.2 Å². The minimum Gasteiger partial charge on any atom is -0.319 e. The molecule has 1 N–H and O–H groups in total. The number of benzene rings is 1. The molecular formula is C16H18N4. The third-order valence-corrected chi connectivity index (χ3v) is 3.47. The van der Waals surface area contributed by atoms with Crippen molar-refractivity contribution in [1.29, 1.82) is 0 Å². The molecule has 2 heterocycles. The van der Waals surface area contributed by atoms with Crippen molar-refractivity contribution in [2.45, 2.75) is 13.3 Å². The molecule has 3 aromatic rings. The van der Waals surface area contributed by atoms with E-state index < -0.39 is 0 Å². The number of aryl methyl sites for hydroxylation is 1. The fraction of sp³-hybridized carbons (Fsp3) is 0.250. The van der Waals surface area contributed by atoms with Gasteiger partial charge in [0, 0.05) is 11.8 Å². The Kier molecular flexibility index (Phi) is 3.48. The van der Waals surface area contributed by atoms with E-state index in [1.807, 2.05) is 29.8 Å². The van der Waals surface area contributed by atoms with Gasteiger partial charge in [0.05, 0.1) is 0 Å². The van der Waals surface area contributed by atoms with Gasteiger partial charge in [-0.05, 0) is 50.2 Å². The van der Waals surface area contributed by atoms with Crippen molar-refractivity contribution in [3.63, 3.8) is 0 Å². The second-order valence-electron chi connectivity index (χ2n) is 4.97. The Morgan fingerprint density at radius 3 is 2.85 bits per heavy atom. The van der Waals surface area contributed by atoms with Gasteiger partial charge in [0.25, 0.3) is 0 Å². The van der Waals surface area contributed by atoms with E-state index in [0.29, 0.717) is 0 Å². The zero-order valence-electron chi connectivity index (χ0n) is 11.8. The number of rotatable bonds is 4. The van der Waals surface area contributed by atoms with Crippen LogP contribution in [0, 0.1) is 6.92 Å². The van der Waals surface area contributed by atoms with Gasteiger partial charge in [0.2, 0.25) is 0 Å². The third kappa shape index (κ3) is 2.30. The van der Waals surface area contributed by atoms with Gasteiger partial charge >= 0.3 is 0 Å². The molecule has 0 bridgehead atoms. The summed E-state index contributed by atoms with van der Waals surface area (Å²) < 4.78 is 2.05. The first-order valence-electron chi connectivity index (χ1n) is 6.84. The van der Waals surface area contributed by atoms with Crippen LogP contribution >= 0.6 is 0 Å². The van der Waals surface area contributed by atoms with E-state index in [2.05, 4.69) is 46.7 Å². The second kappa shape index (κ2) is 5.43. The van der Waals surface area contributed by atoms with E-state index in [0.717, 1.165) is 30.0 Å². The van der Waals surface area contributed by atoms with Crippen molar-refractivity contribution < 1.29 is 0 Å². The molecule has 0 aliphatic rings. The maximum absolute atomic E-state index is 4.37. The Morgan fingerprint density at radius 1 is 1.15 bits per heavy atom. The highest BCUT2D eigenvalue weighted by atomic mass is 15.2. The third-order valence-electron chi connectivity index (χ3n) is 3.47. The quantitative estimate of drug-likeness (QED) is 0.789.